The molecule has 1 aromatic carbocycles. The Morgan fingerprint density at radius 1 is 1.28 bits per heavy atom. The van der Waals surface area contributed by atoms with Gasteiger partial charge in [0.1, 0.15) is 17.2 Å². The van der Waals surface area contributed by atoms with Gasteiger partial charge < -0.3 is 19.9 Å². The van der Waals surface area contributed by atoms with Gasteiger partial charge in [-0.2, -0.15) is 0 Å². The van der Waals surface area contributed by atoms with Crippen molar-refractivity contribution >= 4 is 35.0 Å². The topological polar surface area (TPSA) is 102 Å². The van der Waals surface area contributed by atoms with Crippen LogP contribution >= 0.6 is 11.6 Å². The summed E-state index contributed by atoms with van der Waals surface area (Å²) >= 11 is 5.96. The zero-order valence-electron chi connectivity index (χ0n) is 13.4. The third-order valence-corrected chi connectivity index (χ3v) is 3.40. The van der Waals surface area contributed by atoms with Crippen LogP contribution in [-0.2, 0) is 0 Å². The van der Waals surface area contributed by atoms with Gasteiger partial charge in [0.2, 0.25) is 5.95 Å². The van der Waals surface area contributed by atoms with Gasteiger partial charge in [-0.3, -0.25) is 4.79 Å². The lowest BCUT2D eigenvalue weighted by Crippen LogP contribution is -2.15. The van der Waals surface area contributed by atoms with Crippen molar-refractivity contribution in [2.75, 3.05) is 17.7 Å². The first kappa shape index (κ1) is 16.7. The summed E-state index contributed by atoms with van der Waals surface area (Å²) in [5, 5.41) is 9.84. The number of carbonyl (C=O) groups is 1. The summed E-state index contributed by atoms with van der Waals surface area (Å²) in [6.07, 6.45) is 1.46. The SMILES string of the molecule is COc1ccc(Cl)cc1NC(=O)c1ccnc(Nc2cc(C)on2)n1. The predicted octanol–water partition coefficient (Wildman–Crippen LogP) is 3.43. The summed E-state index contributed by atoms with van der Waals surface area (Å²) in [5.41, 5.74) is 0.611. The fourth-order valence-electron chi connectivity index (χ4n) is 2.05. The van der Waals surface area contributed by atoms with Crippen molar-refractivity contribution in [2.45, 2.75) is 6.92 Å². The number of benzene rings is 1. The Hall–Kier alpha value is -3.13. The number of carbonyl (C=O) groups excluding carboxylic acids is 1. The van der Waals surface area contributed by atoms with Crippen molar-refractivity contribution in [3.63, 3.8) is 0 Å². The second kappa shape index (κ2) is 7.18. The number of hydrogen-bond acceptors (Lipinski definition) is 7. The minimum absolute atomic E-state index is 0.166. The number of methoxy groups -OCH3 is 1. The zero-order valence-corrected chi connectivity index (χ0v) is 14.2. The molecule has 0 saturated carbocycles. The lowest BCUT2D eigenvalue weighted by atomic mass is 10.2. The summed E-state index contributed by atoms with van der Waals surface area (Å²) in [6, 6.07) is 8.11. The Bertz CT molecular complexity index is 912. The van der Waals surface area contributed by atoms with Gasteiger partial charge in [-0.15, -0.1) is 0 Å². The van der Waals surface area contributed by atoms with E-state index in [4.69, 9.17) is 20.9 Å². The first-order valence-corrected chi connectivity index (χ1v) is 7.61. The molecule has 25 heavy (non-hydrogen) atoms. The van der Waals surface area contributed by atoms with E-state index in [1.165, 1.54) is 19.4 Å². The molecule has 0 radical (unpaired) electrons. The largest absolute Gasteiger partial charge is 0.495 e. The van der Waals surface area contributed by atoms with Gasteiger partial charge >= 0.3 is 0 Å². The molecule has 2 aromatic heterocycles. The highest BCUT2D eigenvalue weighted by molar-refractivity contribution is 6.31. The monoisotopic (exact) mass is 359 g/mol. The standard InChI is InChI=1S/C16H14ClN5O3/c1-9-7-14(22-25-9)21-16-18-6-5-11(20-16)15(23)19-12-8-10(17)3-4-13(12)24-2/h3-8H,1-2H3,(H,19,23)(H,18,20,21,22). The summed E-state index contributed by atoms with van der Waals surface area (Å²) in [4.78, 5) is 20.7. The maximum absolute atomic E-state index is 12.4. The lowest BCUT2D eigenvalue weighted by Gasteiger charge is -2.10. The van der Waals surface area contributed by atoms with E-state index in [9.17, 15) is 4.79 Å². The number of ether oxygens (including phenoxy) is 1. The van der Waals surface area contributed by atoms with E-state index in [0.717, 1.165) is 0 Å². The van der Waals surface area contributed by atoms with Crippen molar-refractivity contribution in [1.29, 1.82) is 0 Å². The number of aromatic nitrogens is 3. The molecule has 128 valence electrons. The number of aryl methyl sites for hydroxylation is 1. The summed E-state index contributed by atoms with van der Waals surface area (Å²) in [7, 11) is 1.51. The summed E-state index contributed by atoms with van der Waals surface area (Å²) < 4.78 is 10.2. The van der Waals surface area contributed by atoms with Crippen molar-refractivity contribution < 1.29 is 14.1 Å². The first-order chi connectivity index (χ1) is 12.0. The van der Waals surface area contributed by atoms with Crippen LogP contribution in [0, 0.1) is 6.92 Å². The molecular weight excluding hydrogens is 346 g/mol. The molecular formula is C16H14ClN5O3. The molecule has 2 N–H and O–H groups in total. The van der Waals surface area contributed by atoms with E-state index in [-0.39, 0.29) is 11.6 Å². The van der Waals surface area contributed by atoms with Crippen molar-refractivity contribution in [2.24, 2.45) is 0 Å². The summed E-state index contributed by atoms with van der Waals surface area (Å²) in [5.74, 6) is 1.38. The normalized spacial score (nSPS) is 10.4. The van der Waals surface area contributed by atoms with Crippen LogP contribution in [0.2, 0.25) is 5.02 Å². The number of rotatable bonds is 5. The predicted molar refractivity (Wildman–Crippen MR) is 92.5 cm³/mol. The Labute approximate surface area is 148 Å². The van der Waals surface area contributed by atoms with Crippen LogP contribution in [0.4, 0.5) is 17.5 Å². The molecule has 9 heteroatoms. The molecule has 0 fully saturated rings. The van der Waals surface area contributed by atoms with Gasteiger partial charge in [0.05, 0.1) is 12.8 Å². The second-order valence-electron chi connectivity index (χ2n) is 5.01. The molecule has 3 aromatic rings. The van der Waals surface area contributed by atoms with Crippen molar-refractivity contribution in [3.8, 4) is 5.75 Å². The zero-order chi connectivity index (χ0) is 17.8. The third-order valence-electron chi connectivity index (χ3n) is 3.17. The molecule has 0 spiro atoms. The highest BCUT2D eigenvalue weighted by Gasteiger charge is 2.13. The van der Waals surface area contributed by atoms with E-state index >= 15 is 0 Å². The number of hydrogen-bond donors (Lipinski definition) is 2. The average molecular weight is 360 g/mol. The van der Waals surface area contributed by atoms with Crippen molar-refractivity contribution in [1.82, 2.24) is 15.1 Å². The minimum atomic E-state index is -0.428. The summed E-state index contributed by atoms with van der Waals surface area (Å²) in [6.45, 7) is 1.77. The first-order valence-electron chi connectivity index (χ1n) is 7.23. The molecule has 0 unspecified atom stereocenters. The van der Waals surface area contributed by atoms with Gasteiger partial charge in [-0.1, -0.05) is 16.8 Å². The lowest BCUT2D eigenvalue weighted by molar-refractivity contribution is 0.102. The van der Waals surface area contributed by atoms with Crippen LogP contribution in [0.5, 0.6) is 5.75 Å². The highest BCUT2D eigenvalue weighted by Crippen LogP contribution is 2.28. The van der Waals surface area contributed by atoms with E-state index in [1.54, 1.807) is 31.2 Å². The molecule has 0 bridgehead atoms. The molecule has 0 aliphatic heterocycles. The fraction of sp³-hybridized carbons (Fsp3) is 0.125. The molecule has 0 saturated heterocycles. The number of halogens is 1. The van der Waals surface area contributed by atoms with Crippen LogP contribution in [0.25, 0.3) is 0 Å². The molecule has 0 aliphatic rings. The number of anilines is 3. The highest BCUT2D eigenvalue weighted by atomic mass is 35.5. The molecule has 0 atom stereocenters. The van der Waals surface area contributed by atoms with Gasteiger partial charge in [-0.05, 0) is 31.2 Å². The van der Waals surface area contributed by atoms with Gasteiger partial charge in [-0.25, -0.2) is 9.97 Å². The van der Waals surface area contributed by atoms with Crippen LogP contribution in [0.1, 0.15) is 16.2 Å². The maximum Gasteiger partial charge on any atom is 0.274 e. The fourth-order valence-corrected chi connectivity index (χ4v) is 2.22. The molecule has 0 aliphatic carbocycles. The second-order valence-corrected chi connectivity index (χ2v) is 5.45. The van der Waals surface area contributed by atoms with Crippen LogP contribution in [0.15, 0.2) is 41.1 Å². The Kier molecular flexibility index (Phi) is 4.80. The van der Waals surface area contributed by atoms with Crippen LogP contribution in [0.3, 0.4) is 0 Å². The Morgan fingerprint density at radius 3 is 2.84 bits per heavy atom. The van der Waals surface area contributed by atoms with E-state index in [1.807, 2.05) is 0 Å². The smallest absolute Gasteiger partial charge is 0.274 e. The van der Waals surface area contributed by atoms with Gasteiger partial charge in [0, 0.05) is 17.3 Å². The van der Waals surface area contributed by atoms with E-state index in [0.29, 0.717) is 28.0 Å². The van der Waals surface area contributed by atoms with Crippen molar-refractivity contribution in [3.05, 3.63) is 53.0 Å². The van der Waals surface area contributed by atoms with Gasteiger partial charge in [0.25, 0.3) is 5.91 Å². The number of amides is 1. The average Bonchev–Trinajstić information content (AvgIpc) is 3.00. The minimum Gasteiger partial charge on any atom is -0.495 e. The Balaban J connectivity index is 1.78. The number of nitrogens with one attached hydrogen (secondary N) is 2. The van der Waals surface area contributed by atoms with Gasteiger partial charge in [0.15, 0.2) is 5.82 Å². The Morgan fingerprint density at radius 2 is 2.12 bits per heavy atom. The maximum atomic E-state index is 12.4. The molecule has 3 rings (SSSR count). The molecule has 1 amide bonds. The van der Waals surface area contributed by atoms with Crippen LogP contribution in [-0.4, -0.2) is 28.1 Å². The van der Waals surface area contributed by atoms with Crippen LogP contribution < -0.4 is 15.4 Å². The van der Waals surface area contributed by atoms with E-state index in [2.05, 4.69) is 25.8 Å². The quantitative estimate of drug-likeness (QED) is 0.719. The third kappa shape index (κ3) is 4.04. The number of nitrogens with zero attached hydrogens (tertiary/aromatic N) is 3. The molecule has 8 nitrogen and oxygen atoms in total. The molecule has 2 heterocycles. The van der Waals surface area contributed by atoms with E-state index < -0.39 is 5.91 Å².